The van der Waals surface area contributed by atoms with Gasteiger partial charge in [0.05, 0.1) is 12.2 Å². The first-order valence-corrected chi connectivity index (χ1v) is 13.0. The lowest BCUT2D eigenvalue weighted by molar-refractivity contribution is -0.129. The second kappa shape index (κ2) is 10.2. The fourth-order valence-electron chi connectivity index (χ4n) is 5.84. The molecule has 2 N–H and O–H groups in total. The third-order valence-electron chi connectivity index (χ3n) is 8.12. The average Bonchev–Trinajstić information content (AvgIpc) is 2.87. The number of nitrogens with one attached hydrogen (secondary N) is 2. The number of rotatable bonds is 4. The number of imide groups is 1. The van der Waals surface area contributed by atoms with Crippen LogP contribution in [0.1, 0.15) is 48.0 Å². The number of likely N-dealkylation sites (tertiary alicyclic amines) is 1. The van der Waals surface area contributed by atoms with E-state index in [4.69, 9.17) is 4.74 Å². The lowest BCUT2D eigenvalue weighted by atomic mass is 9.81. The van der Waals surface area contributed by atoms with Gasteiger partial charge in [0, 0.05) is 70.0 Å². The van der Waals surface area contributed by atoms with Gasteiger partial charge in [-0.3, -0.25) is 19.8 Å². The number of amides is 4. The number of benzene rings is 1. The Labute approximate surface area is 207 Å². The second-order valence-electron chi connectivity index (χ2n) is 10.5. The minimum atomic E-state index is -0.432. The van der Waals surface area contributed by atoms with Gasteiger partial charge in [-0.05, 0) is 56.2 Å². The molecule has 1 aromatic carbocycles. The van der Waals surface area contributed by atoms with Crippen LogP contribution < -0.4 is 15.5 Å². The molecule has 0 bridgehead atoms. The fraction of sp³-hybridized carbons (Fsp3) is 0.654. The van der Waals surface area contributed by atoms with Gasteiger partial charge in [-0.1, -0.05) is 6.07 Å². The van der Waals surface area contributed by atoms with Crippen LogP contribution in [0.2, 0.25) is 0 Å². The van der Waals surface area contributed by atoms with E-state index in [1.807, 2.05) is 24.0 Å². The summed E-state index contributed by atoms with van der Waals surface area (Å²) >= 11 is 0. The lowest BCUT2D eigenvalue weighted by Crippen LogP contribution is -2.52. The van der Waals surface area contributed by atoms with E-state index in [2.05, 4.69) is 15.5 Å². The number of piperazine rings is 1. The number of carbonyl (C=O) groups excluding carboxylic acids is 3. The van der Waals surface area contributed by atoms with Crippen LogP contribution in [0.15, 0.2) is 18.2 Å². The number of urea groups is 1. The highest BCUT2D eigenvalue weighted by Crippen LogP contribution is 2.37. The topological polar surface area (TPSA) is 94.2 Å². The largest absolute Gasteiger partial charge is 0.375 e. The minimum Gasteiger partial charge on any atom is -0.375 e. The molecule has 4 aliphatic heterocycles. The summed E-state index contributed by atoms with van der Waals surface area (Å²) in [6.45, 7) is 9.95. The van der Waals surface area contributed by atoms with E-state index in [1.54, 1.807) is 11.0 Å². The Morgan fingerprint density at radius 2 is 1.86 bits per heavy atom. The summed E-state index contributed by atoms with van der Waals surface area (Å²) in [5.41, 5.74) is 2.06. The molecule has 0 aromatic heterocycles. The number of aryl methyl sites for hydroxylation is 1. The lowest BCUT2D eigenvalue weighted by Gasteiger charge is -2.46. The summed E-state index contributed by atoms with van der Waals surface area (Å²) in [6.07, 6.45) is 4.26. The molecule has 1 aromatic rings. The van der Waals surface area contributed by atoms with E-state index in [1.165, 1.54) is 6.42 Å². The van der Waals surface area contributed by atoms with Crippen LogP contribution in [-0.2, 0) is 9.53 Å². The molecular weight excluding hydrogens is 446 g/mol. The Kier molecular flexibility index (Phi) is 7.09. The Balaban J connectivity index is 1.16. The number of ether oxygens (including phenoxy) is 1. The third-order valence-corrected chi connectivity index (χ3v) is 8.12. The predicted octanol–water partition coefficient (Wildman–Crippen LogP) is 1.75. The summed E-state index contributed by atoms with van der Waals surface area (Å²) in [6, 6.07) is 5.06. The van der Waals surface area contributed by atoms with Crippen LogP contribution in [0.3, 0.4) is 0 Å². The van der Waals surface area contributed by atoms with Crippen molar-refractivity contribution in [3.8, 4) is 0 Å². The molecule has 4 aliphatic rings. The first-order valence-electron chi connectivity index (χ1n) is 13.0. The van der Waals surface area contributed by atoms with Gasteiger partial charge in [-0.25, -0.2) is 4.79 Å². The van der Waals surface area contributed by atoms with E-state index >= 15 is 0 Å². The first-order chi connectivity index (χ1) is 16.9. The highest BCUT2D eigenvalue weighted by atomic mass is 16.5. The Hall–Kier alpha value is -2.49. The van der Waals surface area contributed by atoms with Crippen molar-refractivity contribution in [3.05, 3.63) is 29.3 Å². The molecule has 5 rings (SSSR count). The summed E-state index contributed by atoms with van der Waals surface area (Å²) in [4.78, 5) is 43.2. The van der Waals surface area contributed by atoms with Crippen molar-refractivity contribution in [2.75, 3.05) is 63.9 Å². The smallest absolute Gasteiger partial charge is 0.328 e. The van der Waals surface area contributed by atoms with E-state index in [0.717, 1.165) is 64.2 Å². The van der Waals surface area contributed by atoms with E-state index in [0.29, 0.717) is 36.8 Å². The van der Waals surface area contributed by atoms with Crippen LogP contribution >= 0.6 is 0 Å². The summed E-state index contributed by atoms with van der Waals surface area (Å²) in [5, 5.41) is 5.77. The van der Waals surface area contributed by atoms with Crippen molar-refractivity contribution >= 4 is 23.5 Å². The molecule has 35 heavy (non-hydrogen) atoms. The van der Waals surface area contributed by atoms with Crippen molar-refractivity contribution in [2.24, 2.45) is 5.92 Å². The maximum atomic E-state index is 13.3. The molecule has 4 amide bonds. The van der Waals surface area contributed by atoms with Gasteiger partial charge in [0.15, 0.2) is 0 Å². The van der Waals surface area contributed by atoms with Crippen LogP contribution in [-0.4, -0.2) is 92.2 Å². The number of carbonyl (C=O) groups is 3. The van der Waals surface area contributed by atoms with Crippen molar-refractivity contribution < 1.29 is 19.1 Å². The minimum absolute atomic E-state index is 0.0120. The maximum absolute atomic E-state index is 13.3. The predicted molar refractivity (Wildman–Crippen MR) is 133 cm³/mol. The zero-order valence-electron chi connectivity index (χ0n) is 20.7. The van der Waals surface area contributed by atoms with E-state index in [9.17, 15) is 14.4 Å². The van der Waals surface area contributed by atoms with Crippen molar-refractivity contribution in [1.82, 2.24) is 20.4 Å². The van der Waals surface area contributed by atoms with Gasteiger partial charge >= 0.3 is 6.03 Å². The number of hydrogen-bond donors (Lipinski definition) is 2. The summed E-state index contributed by atoms with van der Waals surface area (Å²) in [5.74, 6) is 0.326. The molecule has 0 aliphatic carbocycles. The normalized spacial score (nSPS) is 25.6. The maximum Gasteiger partial charge on any atom is 0.328 e. The quantitative estimate of drug-likeness (QED) is 0.678. The van der Waals surface area contributed by atoms with Crippen LogP contribution in [0, 0.1) is 12.8 Å². The molecule has 190 valence electrons. The van der Waals surface area contributed by atoms with Crippen LogP contribution in [0.4, 0.5) is 10.5 Å². The number of anilines is 1. The molecule has 4 saturated heterocycles. The van der Waals surface area contributed by atoms with Crippen molar-refractivity contribution in [3.63, 3.8) is 0 Å². The third kappa shape index (κ3) is 5.37. The summed E-state index contributed by atoms with van der Waals surface area (Å²) < 4.78 is 6.47. The zero-order valence-corrected chi connectivity index (χ0v) is 20.7. The van der Waals surface area contributed by atoms with Gasteiger partial charge in [0.25, 0.3) is 5.91 Å². The molecule has 4 fully saturated rings. The molecule has 1 atom stereocenters. The molecule has 9 heteroatoms. The van der Waals surface area contributed by atoms with Gasteiger partial charge in [-0.15, -0.1) is 0 Å². The van der Waals surface area contributed by atoms with Crippen molar-refractivity contribution in [2.45, 2.75) is 44.6 Å². The summed E-state index contributed by atoms with van der Waals surface area (Å²) in [7, 11) is 0. The molecule has 0 saturated carbocycles. The SMILES string of the molecule is Cc1ccc(C(=O)N2CCC3(CCC(CN4CCNCC4)CO3)CC2)cc1N1CCC(=O)NC1=O. The van der Waals surface area contributed by atoms with E-state index < -0.39 is 6.03 Å². The highest BCUT2D eigenvalue weighted by Gasteiger charge is 2.40. The van der Waals surface area contributed by atoms with Crippen LogP contribution in [0.5, 0.6) is 0 Å². The molecule has 0 radical (unpaired) electrons. The number of nitrogens with zero attached hydrogens (tertiary/aromatic N) is 3. The Bertz CT molecular complexity index is 958. The molecule has 1 spiro atoms. The molecular formula is C26H37N5O4. The first kappa shape index (κ1) is 24.2. The van der Waals surface area contributed by atoms with E-state index in [-0.39, 0.29) is 23.8 Å². The van der Waals surface area contributed by atoms with Crippen molar-refractivity contribution in [1.29, 1.82) is 0 Å². The fourth-order valence-corrected chi connectivity index (χ4v) is 5.84. The average molecular weight is 484 g/mol. The Morgan fingerprint density at radius 1 is 1.09 bits per heavy atom. The molecule has 1 unspecified atom stereocenters. The zero-order chi connectivity index (χ0) is 24.4. The second-order valence-corrected chi connectivity index (χ2v) is 10.5. The standard InChI is InChI=1S/C26H37N5O4/c1-19-2-3-21(16-22(19)31-11-5-23(32)28-25(31)34)24(33)30-12-7-26(8-13-30)6-4-20(18-35-26)17-29-14-9-27-10-15-29/h2-3,16,20,27H,4-15,17-18H2,1H3,(H,28,32,34). The monoisotopic (exact) mass is 483 g/mol. The number of hydrogen-bond acceptors (Lipinski definition) is 6. The van der Waals surface area contributed by atoms with Gasteiger partial charge in [0.2, 0.25) is 5.91 Å². The van der Waals surface area contributed by atoms with Gasteiger partial charge in [-0.2, -0.15) is 0 Å². The van der Waals surface area contributed by atoms with Gasteiger partial charge in [0.1, 0.15) is 0 Å². The van der Waals surface area contributed by atoms with Gasteiger partial charge < -0.3 is 19.9 Å². The number of piperidine rings is 1. The molecule has 4 heterocycles. The highest BCUT2D eigenvalue weighted by molar-refractivity contribution is 6.06. The molecule has 9 nitrogen and oxygen atoms in total. The van der Waals surface area contributed by atoms with Crippen LogP contribution in [0.25, 0.3) is 0 Å². The Morgan fingerprint density at radius 3 is 2.54 bits per heavy atom.